The van der Waals surface area contributed by atoms with Crippen molar-refractivity contribution in [3.63, 3.8) is 0 Å². The monoisotopic (exact) mass is 415 g/mol. The molecule has 0 spiro atoms. The van der Waals surface area contributed by atoms with E-state index < -0.39 is 11.7 Å². The maximum Gasteiger partial charge on any atom is 0.408 e. The molecule has 0 aliphatic rings. The van der Waals surface area contributed by atoms with Crippen LogP contribution in [0.3, 0.4) is 0 Å². The van der Waals surface area contributed by atoms with E-state index in [1.54, 1.807) is 0 Å². The highest BCUT2D eigenvalue weighted by atomic mass is 16.6. The first kappa shape index (κ1) is 23.6. The summed E-state index contributed by atoms with van der Waals surface area (Å²) in [5.74, 6) is 0.412. The molecular weight excluding hydrogens is 382 g/mol. The van der Waals surface area contributed by atoms with Crippen LogP contribution in [0.4, 0.5) is 4.79 Å². The van der Waals surface area contributed by atoms with Crippen LogP contribution in [-0.4, -0.2) is 34.7 Å². The Bertz CT molecular complexity index is 861. The zero-order chi connectivity index (χ0) is 22.1. The topological polar surface area (TPSA) is 90.4 Å². The van der Waals surface area contributed by atoms with Crippen LogP contribution in [0.1, 0.15) is 77.4 Å². The van der Waals surface area contributed by atoms with Crippen LogP contribution in [0.2, 0.25) is 0 Å². The summed E-state index contributed by atoms with van der Waals surface area (Å²) in [6.07, 6.45) is 4.00. The number of ether oxygens (including phenoxy) is 2. The molecule has 1 atom stereocenters. The van der Waals surface area contributed by atoms with Gasteiger partial charge in [-0.1, -0.05) is 31.5 Å². The third-order valence-electron chi connectivity index (χ3n) is 4.63. The van der Waals surface area contributed by atoms with Crippen molar-refractivity contribution >= 4 is 23.0 Å². The number of para-hydroxylation sites is 1. The molecule has 0 aliphatic heterocycles. The number of carbonyl (C=O) groups is 2. The van der Waals surface area contributed by atoms with Crippen LogP contribution >= 0.6 is 0 Å². The zero-order valence-electron chi connectivity index (χ0n) is 18.7. The van der Waals surface area contributed by atoms with Crippen molar-refractivity contribution in [3.05, 3.63) is 35.8 Å². The van der Waals surface area contributed by atoms with Gasteiger partial charge in [0.25, 0.3) is 0 Å². The van der Waals surface area contributed by atoms with Gasteiger partial charge in [0.15, 0.2) is 5.82 Å². The van der Waals surface area contributed by atoms with E-state index in [1.807, 2.05) is 52.0 Å². The van der Waals surface area contributed by atoms with E-state index in [4.69, 9.17) is 14.7 Å². The number of esters is 1. The molecule has 0 bridgehead atoms. The lowest BCUT2D eigenvalue weighted by molar-refractivity contribution is -0.140. The molecule has 2 aromatic rings. The molecule has 0 fully saturated rings. The number of aromatic nitrogens is 2. The van der Waals surface area contributed by atoms with Gasteiger partial charge >= 0.3 is 12.1 Å². The highest BCUT2D eigenvalue weighted by molar-refractivity contribution is 5.81. The number of amides is 1. The molecule has 0 unspecified atom stereocenters. The lowest BCUT2D eigenvalue weighted by Gasteiger charge is -2.23. The molecule has 2 rings (SSSR count). The number of benzene rings is 1. The number of alkyl carbamates (subject to hydrolysis) is 1. The van der Waals surface area contributed by atoms with Gasteiger partial charge in [0.1, 0.15) is 5.60 Å². The molecule has 1 aromatic carbocycles. The highest BCUT2D eigenvalue weighted by Gasteiger charge is 2.22. The fourth-order valence-electron chi connectivity index (χ4n) is 3.15. The van der Waals surface area contributed by atoms with Gasteiger partial charge in [-0.05, 0) is 52.5 Å². The van der Waals surface area contributed by atoms with Crippen LogP contribution < -0.4 is 5.32 Å². The molecule has 0 saturated heterocycles. The van der Waals surface area contributed by atoms with Crippen LogP contribution in [0.25, 0.3) is 10.9 Å². The maximum atomic E-state index is 12.2. The highest BCUT2D eigenvalue weighted by Crippen LogP contribution is 2.22. The standard InChI is InChI=1S/C23H33N3O4/c1-6-17(26-22(28)30-23(2,3)4)21-24-18(13-8-7-9-15-20(27)29-5)16-12-10-11-14-19(16)25-21/h10-12,14,17H,6-9,13,15H2,1-5H3,(H,26,28)/t17-/m0/s1. The number of hydrogen-bond donors (Lipinski definition) is 1. The summed E-state index contributed by atoms with van der Waals surface area (Å²) < 4.78 is 10.1. The van der Waals surface area contributed by atoms with Gasteiger partial charge in [-0.2, -0.15) is 0 Å². The van der Waals surface area contributed by atoms with Crippen LogP contribution in [0.5, 0.6) is 0 Å². The first-order valence-corrected chi connectivity index (χ1v) is 10.6. The van der Waals surface area contributed by atoms with Crippen molar-refractivity contribution in [2.24, 2.45) is 0 Å². The molecule has 0 aliphatic carbocycles. The van der Waals surface area contributed by atoms with Crippen molar-refractivity contribution in [1.82, 2.24) is 15.3 Å². The summed E-state index contributed by atoms with van der Waals surface area (Å²) in [6.45, 7) is 7.47. The number of carbonyl (C=O) groups excluding carboxylic acids is 2. The number of fused-ring (bicyclic) bond motifs is 1. The first-order chi connectivity index (χ1) is 14.2. The van der Waals surface area contributed by atoms with E-state index in [2.05, 4.69) is 10.1 Å². The van der Waals surface area contributed by atoms with E-state index in [1.165, 1.54) is 7.11 Å². The molecule has 1 amide bonds. The number of aryl methyl sites for hydroxylation is 1. The summed E-state index contributed by atoms with van der Waals surface area (Å²) in [5, 5.41) is 3.90. The largest absolute Gasteiger partial charge is 0.469 e. The third kappa shape index (κ3) is 7.28. The quantitative estimate of drug-likeness (QED) is 0.464. The Hall–Kier alpha value is -2.70. The minimum atomic E-state index is -0.567. The van der Waals surface area contributed by atoms with Crippen LogP contribution in [0.15, 0.2) is 24.3 Å². The summed E-state index contributed by atoms with van der Waals surface area (Å²) >= 11 is 0. The van der Waals surface area contributed by atoms with E-state index in [0.29, 0.717) is 18.7 Å². The maximum absolute atomic E-state index is 12.2. The molecule has 0 radical (unpaired) electrons. The second-order valence-electron chi connectivity index (χ2n) is 8.29. The molecular formula is C23H33N3O4. The minimum Gasteiger partial charge on any atom is -0.469 e. The van der Waals surface area contributed by atoms with E-state index in [9.17, 15) is 9.59 Å². The lowest BCUT2D eigenvalue weighted by atomic mass is 10.1. The van der Waals surface area contributed by atoms with E-state index in [0.717, 1.165) is 42.3 Å². The Morgan fingerprint density at radius 3 is 2.50 bits per heavy atom. The second-order valence-corrected chi connectivity index (χ2v) is 8.29. The first-order valence-electron chi connectivity index (χ1n) is 10.6. The average molecular weight is 416 g/mol. The number of nitrogens with zero attached hydrogens (tertiary/aromatic N) is 2. The molecule has 164 valence electrons. The Kier molecular flexibility index (Phi) is 8.57. The molecule has 7 heteroatoms. The van der Waals surface area contributed by atoms with Crippen molar-refractivity contribution in [1.29, 1.82) is 0 Å². The molecule has 0 saturated carbocycles. The van der Waals surface area contributed by atoms with Crippen molar-refractivity contribution in [2.45, 2.75) is 77.9 Å². The second kappa shape index (κ2) is 10.9. The van der Waals surface area contributed by atoms with Crippen molar-refractivity contribution in [3.8, 4) is 0 Å². The van der Waals surface area contributed by atoms with Gasteiger partial charge in [-0.25, -0.2) is 14.8 Å². The van der Waals surface area contributed by atoms with Gasteiger partial charge in [-0.15, -0.1) is 0 Å². The van der Waals surface area contributed by atoms with Crippen molar-refractivity contribution < 1.29 is 19.1 Å². The molecule has 7 nitrogen and oxygen atoms in total. The average Bonchev–Trinajstić information content (AvgIpc) is 2.69. The Morgan fingerprint density at radius 1 is 1.10 bits per heavy atom. The third-order valence-corrected chi connectivity index (χ3v) is 4.63. The number of rotatable bonds is 9. The SMILES string of the molecule is CC[C@H](NC(=O)OC(C)(C)C)c1nc(CCCCCC(=O)OC)c2ccccc2n1. The molecule has 1 N–H and O–H groups in total. The summed E-state index contributed by atoms with van der Waals surface area (Å²) in [7, 11) is 1.41. The predicted octanol–water partition coefficient (Wildman–Crippen LogP) is 4.88. The number of unbranched alkanes of at least 4 members (excludes halogenated alkanes) is 2. The van der Waals surface area contributed by atoms with Gasteiger partial charge < -0.3 is 14.8 Å². The minimum absolute atomic E-state index is 0.177. The Labute approximate surface area is 178 Å². The van der Waals surface area contributed by atoms with E-state index in [-0.39, 0.29) is 12.0 Å². The van der Waals surface area contributed by atoms with Crippen molar-refractivity contribution in [2.75, 3.05) is 7.11 Å². The molecule has 30 heavy (non-hydrogen) atoms. The van der Waals surface area contributed by atoms with Gasteiger partial charge in [0.2, 0.25) is 0 Å². The Morgan fingerprint density at radius 2 is 1.83 bits per heavy atom. The Balaban J connectivity index is 2.15. The lowest BCUT2D eigenvalue weighted by Crippen LogP contribution is -2.35. The number of nitrogens with one attached hydrogen (secondary N) is 1. The normalized spacial score (nSPS) is 12.4. The number of methoxy groups -OCH3 is 1. The smallest absolute Gasteiger partial charge is 0.408 e. The van der Waals surface area contributed by atoms with Gasteiger partial charge in [0, 0.05) is 11.8 Å². The molecule has 1 heterocycles. The van der Waals surface area contributed by atoms with Gasteiger partial charge in [-0.3, -0.25) is 4.79 Å². The fraction of sp³-hybridized carbons (Fsp3) is 0.565. The van der Waals surface area contributed by atoms with E-state index >= 15 is 0 Å². The zero-order valence-corrected chi connectivity index (χ0v) is 18.7. The van der Waals surface area contributed by atoms with Crippen LogP contribution in [0, 0.1) is 0 Å². The fourth-order valence-corrected chi connectivity index (χ4v) is 3.15. The summed E-state index contributed by atoms with van der Waals surface area (Å²) in [4.78, 5) is 33.0. The van der Waals surface area contributed by atoms with Gasteiger partial charge in [0.05, 0.1) is 24.4 Å². The summed E-state index contributed by atoms with van der Waals surface area (Å²) in [6, 6.07) is 7.57. The summed E-state index contributed by atoms with van der Waals surface area (Å²) in [5.41, 5.74) is 1.25. The predicted molar refractivity (Wildman–Crippen MR) is 116 cm³/mol. The number of hydrogen-bond acceptors (Lipinski definition) is 6. The molecule has 1 aromatic heterocycles. The van der Waals surface area contributed by atoms with Crippen LogP contribution in [-0.2, 0) is 20.7 Å².